The van der Waals surface area contributed by atoms with Crippen LogP contribution in [0.3, 0.4) is 0 Å². The normalized spacial score (nSPS) is 14.9. The lowest BCUT2D eigenvalue weighted by atomic mass is 9.97. The number of nitrogens with zero attached hydrogens (tertiary/aromatic N) is 1. The molecule has 0 bridgehead atoms. The van der Waals surface area contributed by atoms with E-state index in [1.54, 1.807) is 37.3 Å². The van der Waals surface area contributed by atoms with Gasteiger partial charge in [0.2, 0.25) is 0 Å². The number of carbonyl (C=O) groups is 2. The van der Waals surface area contributed by atoms with Gasteiger partial charge in [0.05, 0.1) is 27.2 Å². The summed E-state index contributed by atoms with van der Waals surface area (Å²) >= 11 is 0. The Morgan fingerprint density at radius 1 is 1.00 bits per heavy atom. The summed E-state index contributed by atoms with van der Waals surface area (Å²) in [5.74, 6) is 1.25. The highest BCUT2D eigenvalue weighted by atomic mass is 16.5. The Hall–Kier alpha value is -2.44. The lowest BCUT2D eigenvalue weighted by Gasteiger charge is -2.30. The van der Waals surface area contributed by atoms with Crippen LogP contribution in [-0.2, 0) is 14.3 Å². The van der Waals surface area contributed by atoms with Gasteiger partial charge in [-0.25, -0.2) is 0 Å². The fourth-order valence-electron chi connectivity index (χ4n) is 2.63. The number of amides is 1. The third kappa shape index (κ3) is 4.53. The molecule has 132 valence electrons. The van der Waals surface area contributed by atoms with Gasteiger partial charge in [-0.1, -0.05) is 0 Å². The summed E-state index contributed by atoms with van der Waals surface area (Å²) in [4.78, 5) is 25.5. The highest BCUT2D eigenvalue weighted by molar-refractivity contribution is 5.78. The molecule has 24 heavy (non-hydrogen) atoms. The van der Waals surface area contributed by atoms with Crippen LogP contribution in [0.5, 0.6) is 17.2 Å². The highest BCUT2D eigenvalue weighted by Gasteiger charge is 2.27. The first-order chi connectivity index (χ1) is 11.6. The number of benzene rings is 1. The lowest BCUT2D eigenvalue weighted by molar-refractivity contribution is -0.149. The molecule has 0 aliphatic carbocycles. The Kier molecular flexibility index (Phi) is 6.28. The first kappa shape index (κ1) is 17.9. The van der Waals surface area contributed by atoms with Gasteiger partial charge in [0.15, 0.2) is 6.61 Å². The van der Waals surface area contributed by atoms with Crippen molar-refractivity contribution in [2.75, 3.05) is 41.0 Å². The summed E-state index contributed by atoms with van der Waals surface area (Å²) in [6, 6.07) is 5.12. The van der Waals surface area contributed by atoms with Gasteiger partial charge < -0.3 is 23.8 Å². The quantitative estimate of drug-likeness (QED) is 0.732. The molecule has 1 saturated heterocycles. The third-order valence-electron chi connectivity index (χ3n) is 4.07. The number of rotatable bonds is 6. The molecule has 1 heterocycles. The fraction of sp³-hybridized carbons (Fsp3) is 0.529. The maximum Gasteiger partial charge on any atom is 0.308 e. The van der Waals surface area contributed by atoms with Crippen molar-refractivity contribution in [1.82, 2.24) is 4.90 Å². The second-order valence-electron chi connectivity index (χ2n) is 5.52. The number of methoxy groups -OCH3 is 3. The van der Waals surface area contributed by atoms with E-state index in [1.165, 1.54) is 7.11 Å². The molecule has 2 rings (SSSR count). The number of piperidine rings is 1. The van der Waals surface area contributed by atoms with Crippen LogP contribution in [0.4, 0.5) is 0 Å². The Balaban J connectivity index is 1.87. The monoisotopic (exact) mass is 337 g/mol. The van der Waals surface area contributed by atoms with Crippen molar-refractivity contribution in [3.8, 4) is 17.2 Å². The summed E-state index contributed by atoms with van der Waals surface area (Å²) in [5.41, 5.74) is 0. The van der Waals surface area contributed by atoms with E-state index in [0.29, 0.717) is 43.2 Å². The summed E-state index contributed by atoms with van der Waals surface area (Å²) < 4.78 is 20.6. The Bertz CT molecular complexity index is 558. The Labute approximate surface area is 141 Å². The van der Waals surface area contributed by atoms with Crippen molar-refractivity contribution < 1.29 is 28.5 Å². The average molecular weight is 337 g/mol. The minimum Gasteiger partial charge on any atom is -0.496 e. The SMILES string of the molecule is COC(=O)C1CCN(C(=O)COc2cc(OC)cc(OC)c2)CC1. The number of hydrogen-bond donors (Lipinski definition) is 0. The van der Waals surface area contributed by atoms with Gasteiger partial charge >= 0.3 is 5.97 Å². The fourth-order valence-corrected chi connectivity index (χ4v) is 2.63. The molecule has 1 amide bonds. The molecule has 0 N–H and O–H groups in total. The first-order valence-electron chi connectivity index (χ1n) is 7.79. The van der Waals surface area contributed by atoms with Crippen molar-refractivity contribution in [3.05, 3.63) is 18.2 Å². The largest absolute Gasteiger partial charge is 0.496 e. The first-order valence-corrected chi connectivity index (χ1v) is 7.79. The molecule has 0 radical (unpaired) electrons. The van der Waals surface area contributed by atoms with Crippen LogP contribution in [-0.4, -0.2) is 57.8 Å². The van der Waals surface area contributed by atoms with Crippen LogP contribution in [0, 0.1) is 5.92 Å². The van der Waals surface area contributed by atoms with E-state index in [-0.39, 0.29) is 24.4 Å². The number of carbonyl (C=O) groups excluding carboxylic acids is 2. The topological polar surface area (TPSA) is 74.3 Å². The van der Waals surface area contributed by atoms with Crippen LogP contribution < -0.4 is 14.2 Å². The van der Waals surface area contributed by atoms with Crippen LogP contribution in [0.2, 0.25) is 0 Å². The lowest BCUT2D eigenvalue weighted by Crippen LogP contribution is -2.42. The molecule has 0 saturated carbocycles. The number of esters is 1. The molecule has 1 aliphatic heterocycles. The van der Waals surface area contributed by atoms with Crippen LogP contribution >= 0.6 is 0 Å². The van der Waals surface area contributed by atoms with Crippen molar-refractivity contribution in [3.63, 3.8) is 0 Å². The van der Waals surface area contributed by atoms with Crippen molar-refractivity contribution >= 4 is 11.9 Å². The highest BCUT2D eigenvalue weighted by Crippen LogP contribution is 2.27. The van der Waals surface area contributed by atoms with Crippen molar-refractivity contribution in [2.24, 2.45) is 5.92 Å². The molecule has 1 aromatic rings. The van der Waals surface area contributed by atoms with E-state index >= 15 is 0 Å². The van der Waals surface area contributed by atoms with Crippen LogP contribution in [0.1, 0.15) is 12.8 Å². The van der Waals surface area contributed by atoms with Gasteiger partial charge in [-0.2, -0.15) is 0 Å². The molecule has 1 aromatic carbocycles. The van der Waals surface area contributed by atoms with E-state index < -0.39 is 0 Å². The predicted molar refractivity (Wildman–Crippen MR) is 86.4 cm³/mol. The maximum atomic E-state index is 12.2. The van der Waals surface area contributed by atoms with Gasteiger partial charge in [0.25, 0.3) is 5.91 Å². The minimum absolute atomic E-state index is 0.0702. The molecule has 0 unspecified atom stereocenters. The molecule has 0 atom stereocenters. The van der Waals surface area contributed by atoms with Crippen LogP contribution in [0.15, 0.2) is 18.2 Å². The number of ether oxygens (including phenoxy) is 4. The van der Waals surface area contributed by atoms with Crippen molar-refractivity contribution in [1.29, 1.82) is 0 Å². The molecule has 7 heteroatoms. The van der Waals surface area contributed by atoms with E-state index in [2.05, 4.69) is 0 Å². The predicted octanol–water partition coefficient (Wildman–Crippen LogP) is 1.49. The second kappa shape index (κ2) is 8.42. The zero-order valence-electron chi connectivity index (χ0n) is 14.2. The van der Waals surface area contributed by atoms with Gasteiger partial charge in [-0.05, 0) is 12.8 Å². The zero-order valence-corrected chi connectivity index (χ0v) is 14.2. The summed E-state index contributed by atoms with van der Waals surface area (Å²) in [6.45, 7) is 0.992. The molecule has 0 spiro atoms. The van der Waals surface area contributed by atoms with E-state index in [9.17, 15) is 9.59 Å². The van der Waals surface area contributed by atoms with E-state index in [4.69, 9.17) is 18.9 Å². The van der Waals surface area contributed by atoms with E-state index in [1.807, 2.05) is 0 Å². The molecular weight excluding hydrogens is 314 g/mol. The molecule has 7 nitrogen and oxygen atoms in total. The van der Waals surface area contributed by atoms with Gasteiger partial charge in [0.1, 0.15) is 17.2 Å². The molecule has 0 aromatic heterocycles. The summed E-state index contributed by atoms with van der Waals surface area (Å²) in [6.07, 6.45) is 1.23. The smallest absolute Gasteiger partial charge is 0.308 e. The number of likely N-dealkylation sites (tertiary alicyclic amines) is 1. The molecule has 1 aliphatic rings. The van der Waals surface area contributed by atoms with E-state index in [0.717, 1.165) is 0 Å². The molecular formula is C17H23NO6. The van der Waals surface area contributed by atoms with Gasteiger partial charge in [-0.3, -0.25) is 9.59 Å². The van der Waals surface area contributed by atoms with Crippen molar-refractivity contribution in [2.45, 2.75) is 12.8 Å². The molecule has 1 fully saturated rings. The maximum absolute atomic E-state index is 12.2. The van der Waals surface area contributed by atoms with Gasteiger partial charge in [0, 0.05) is 31.3 Å². The Morgan fingerprint density at radius 2 is 1.54 bits per heavy atom. The standard InChI is InChI=1S/C17H23NO6/c1-21-13-8-14(22-2)10-15(9-13)24-11-16(19)18-6-4-12(5-7-18)17(20)23-3/h8-10,12H,4-7,11H2,1-3H3. The third-order valence-corrected chi connectivity index (χ3v) is 4.07. The second-order valence-corrected chi connectivity index (χ2v) is 5.52. The Morgan fingerprint density at radius 3 is 2.04 bits per heavy atom. The zero-order chi connectivity index (χ0) is 17.5. The number of hydrogen-bond acceptors (Lipinski definition) is 6. The summed E-state index contributed by atoms with van der Waals surface area (Å²) in [5, 5.41) is 0. The average Bonchev–Trinajstić information content (AvgIpc) is 2.65. The minimum atomic E-state index is -0.207. The van der Waals surface area contributed by atoms with Gasteiger partial charge in [-0.15, -0.1) is 0 Å². The van der Waals surface area contributed by atoms with Crippen LogP contribution in [0.25, 0.3) is 0 Å². The summed E-state index contributed by atoms with van der Waals surface area (Å²) in [7, 11) is 4.49.